The van der Waals surface area contributed by atoms with Gasteiger partial charge in [-0.05, 0) is 68.1 Å². The second-order valence-corrected chi connectivity index (χ2v) is 13.5. The Labute approximate surface area is 229 Å². The summed E-state index contributed by atoms with van der Waals surface area (Å²) in [5.74, 6) is -1.79. The molecule has 0 fully saturated rings. The lowest BCUT2D eigenvalue weighted by Crippen LogP contribution is -2.43. The maximum absolute atomic E-state index is 10.7. The van der Waals surface area contributed by atoms with Crippen molar-refractivity contribution in [3.8, 4) is 0 Å². The molecule has 9 nitrogen and oxygen atoms in total. The fraction of sp³-hybridized carbons (Fsp3) is 0.481. The first-order valence-corrected chi connectivity index (χ1v) is 16.7. The van der Waals surface area contributed by atoms with E-state index in [0.29, 0.717) is 24.8 Å². The second kappa shape index (κ2) is 18.8. The minimum atomic E-state index is -2.55. The Hall–Kier alpha value is -2.39. The van der Waals surface area contributed by atoms with Crippen LogP contribution in [0.2, 0.25) is 18.1 Å². The van der Waals surface area contributed by atoms with Crippen LogP contribution in [0.5, 0.6) is 0 Å². The zero-order valence-electron chi connectivity index (χ0n) is 23.1. The molecule has 0 atom stereocenters. The van der Waals surface area contributed by atoms with E-state index in [0.717, 1.165) is 24.4 Å². The molecule has 2 aromatic carbocycles. The van der Waals surface area contributed by atoms with E-state index < -0.39 is 20.7 Å². The van der Waals surface area contributed by atoms with Crippen molar-refractivity contribution < 1.29 is 42.6 Å². The van der Waals surface area contributed by atoms with Crippen LogP contribution in [-0.2, 0) is 35.6 Å². The third-order valence-electron chi connectivity index (χ3n) is 5.92. The number of rotatable bonds is 17. The molecule has 0 aliphatic heterocycles. The average Bonchev–Trinajstić information content (AvgIpc) is 2.93. The van der Waals surface area contributed by atoms with Crippen LogP contribution in [0.3, 0.4) is 0 Å². The predicted octanol–water partition coefficient (Wildman–Crippen LogP) is 4.14. The summed E-state index contributed by atoms with van der Waals surface area (Å²) >= 11 is 0. The summed E-state index contributed by atoms with van der Waals surface area (Å²) in [5.41, 5.74) is 2.86. The van der Waals surface area contributed by atoms with Crippen molar-refractivity contribution in [2.45, 2.75) is 51.1 Å². The quantitative estimate of drug-likeness (QED) is 0.165. The number of carboxylic acids is 2. The highest BCUT2D eigenvalue weighted by Crippen LogP contribution is 2.17. The van der Waals surface area contributed by atoms with Crippen molar-refractivity contribution in [1.82, 2.24) is 0 Å². The van der Waals surface area contributed by atoms with Gasteiger partial charge < -0.3 is 33.0 Å². The number of carbonyl (C=O) groups is 2. The Morgan fingerprint density at radius 3 is 1.55 bits per heavy atom. The van der Waals surface area contributed by atoms with E-state index in [-0.39, 0.29) is 21.4 Å². The molecule has 2 aromatic rings. The van der Waals surface area contributed by atoms with Gasteiger partial charge in [0.2, 0.25) is 0 Å². The van der Waals surface area contributed by atoms with E-state index in [4.69, 9.17) is 33.0 Å². The smallest absolute Gasteiger partial charge is 0.478 e. The topological polar surface area (TPSA) is 121 Å². The largest absolute Gasteiger partial charge is 0.500 e. The number of benzene rings is 2. The summed E-state index contributed by atoms with van der Waals surface area (Å²) < 4.78 is 27.0. The number of hydrogen-bond acceptors (Lipinski definition) is 7. The Kier molecular flexibility index (Phi) is 16.6. The molecule has 0 aliphatic carbocycles. The van der Waals surface area contributed by atoms with Gasteiger partial charge in [0.25, 0.3) is 0 Å². The van der Waals surface area contributed by atoms with Crippen LogP contribution < -0.4 is 0 Å². The summed E-state index contributed by atoms with van der Waals surface area (Å²) in [6.45, 7) is 5.35. The maximum Gasteiger partial charge on any atom is 0.500 e. The molecule has 0 heterocycles. The van der Waals surface area contributed by atoms with Crippen LogP contribution in [0.25, 0.3) is 0 Å². The Morgan fingerprint density at radius 1 is 0.763 bits per heavy atom. The van der Waals surface area contributed by atoms with Crippen molar-refractivity contribution in [2.24, 2.45) is 0 Å². The van der Waals surface area contributed by atoms with E-state index in [2.05, 4.69) is 0 Å². The molecule has 0 radical (unpaired) electrons. The first-order chi connectivity index (χ1) is 18.2. The SMILES string of the molecule is CCOC(C[SiH2]CCc1ccc(C(=O)O)cc1)OCC.CO[Si](CCc1ccc(C(=O)O)cc1)(OC)OC. The molecule has 11 heteroatoms. The van der Waals surface area contributed by atoms with Crippen LogP contribution in [0, 0.1) is 0 Å². The number of aryl methyl sites for hydroxylation is 2. The molecule has 0 aliphatic rings. The van der Waals surface area contributed by atoms with Crippen molar-refractivity contribution >= 4 is 30.3 Å². The molecule has 2 N–H and O–H groups in total. The molecule has 212 valence electrons. The molecule has 0 unspecified atom stereocenters. The van der Waals surface area contributed by atoms with Gasteiger partial charge in [0.1, 0.15) is 0 Å². The minimum Gasteiger partial charge on any atom is -0.478 e. The monoisotopic (exact) mass is 566 g/mol. The summed E-state index contributed by atoms with van der Waals surface area (Å²) in [5, 5.41) is 17.6. The van der Waals surface area contributed by atoms with Crippen molar-refractivity contribution in [3.05, 3.63) is 70.8 Å². The van der Waals surface area contributed by atoms with E-state index in [1.54, 1.807) is 57.7 Å². The molecule has 0 amide bonds. The van der Waals surface area contributed by atoms with Gasteiger partial charge in [0.15, 0.2) is 6.29 Å². The van der Waals surface area contributed by atoms with E-state index >= 15 is 0 Å². The van der Waals surface area contributed by atoms with E-state index in [1.807, 2.05) is 26.0 Å². The van der Waals surface area contributed by atoms with Crippen LogP contribution in [-0.4, -0.2) is 81.3 Å². The molecule has 0 spiro atoms. The highest BCUT2D eigenvalue weighted by atomic mass is 28.4. The van der Waals surface area contributed by atoms with Gasteiger partial charge in [-0.25, -0.2) is 9.59 Å². The number of ether oxygens (including phenoxy) is 2. The molecule has 0 bridgehead atoms. The average molecular weight is 567 g/mol. The fourth-order valence-electron chi connectivity index (χ4n) is 3.71. The zero-order chi connectivity index (χ0) is 28.4. The molecule has 2 rings (SSSR count). The van der Waals surface area contributed by atoms with Crippen molar-refractivity contribution in [3.63, 3.8) is 0 Å². The highest BCUT2D eigenvalue weighted by molar-refractivity contribution is 6.60. The minimum absolute atomic E-state index is 0.0361. The third kappa shape index (κ3) is 12.4. The van der Waals surface area contributed by atoms with E-state index in [1.165, 1.54) is 11.6 Å². The first-order valence-electron chi connectivity index (χ1n) is 12.8. The Morgan fingerprint density at radius 2 is 1.18 bits per heavy atom. The Balaban J connectivity index is 0.000000382. The van der Waals surface area contributed by atoms with E-state index in [9.17, 15) is 9.59 Å². The number of aromatic carboxylic acids is 2. The highest BCUT2D eigenvalue weighted by Gasteiger charge is 2.37. The molecule has 38 heavy (non-hydrogen) atoms. The fourth-order valence-corrected chi connectivity index (χ4v) is 7.03. The lowest BCUT2D eigenvalue weighted by molar-refractivity contribution is -0.123. The summed E-state index contributed by atoms with van der Waals surface area (Å²) in [6.07, 6.45) is 1.70. The lowest BCUT2D eigenvalue weighted by atomic mass is 10.1. The molecular formula is C27H42O9Si2. The van der Waals surface area contributed by atoms with Crippen molar-refractivity contribution in [1.29, 1.82) is 0 Å². The molecular weight excluding hydrogens is 524 g/mol. The normalized spacial score (nSPS) is 11.5. The second-order valence-electron chi connectivity index (χ2n) is 8.39. The Bertz CT molecular complexity index is 918. The third-order valence-corrected chi connectivity index (χ3v) is 10.4. The lowest BCUT2D eigenvalue weighted by Gasteiger charge is -2.24. The van der Waals surface area contributed by atoms with Gasteiger partial charge in [-0.1, -0.05) is 30.3 Å². The van der Waals surface area contributed by atoms with Gasteiger partial charge in [0.05, 0.1) is 11.1 Å². The van der Waals surface area contributed by atoms with Crippen molar-refractivity contribution in [2.75, 3.05) is 34.5 Å². The molecule has 0 aromatic heterocycles. The van der Waals surface area contributed by atoms with Crippen LogP contribution in [0.15, 0.2) is 48.5 Å². The molecule has 0 saturated heterocycles. The van der Waals surface area contributed by atoms with Gasteiger partial charge in [0, 0.05) is 50.1 Å². The van der Waals surface area contributed by atoms with Gasteiger partial charge in [-0.2, -0.15) is 0 Å². The first kappa shape index (κ1) is 33.6. The number of carboxylic acid groups (broad SMARTS) is 2. The van der Waals surface area contributed by atoms with Gasteiger partial charge in [-0.3, -0.25) is 0 Å². The zero-order valence-corrected chi connectivity index (χ0v) is 25.5. The maximum atomic E-state index is 10.7. The number of hydrogen-bond donors (Lipinski definition) is 2. The molecule has 0 saturated carbocycles. The standard InChI is InChI=1S/C15H24O4Si.C12H18O5Si/c1-3-18-14(19-4-2)11-20-10-9-12-5-7-13(8-6-12)15(16)17;1-15-18(16-2,17-3)9-8-10-4-6-11(7-5-10)12(13)14/h5-8,14H,3-4,9-11,20H2,1-2H3,(H,16,17);4-7H,8-9H2,1-3H3,(H,13,14). The predicted molar refractivity (Wildman–Crippen MR) is 151 cm³/mol. The van der Waals surface area contributed by atoms with Crippen LogP contribution >= 0.6 is 0 Å². The van der Waals surface area contributed by atoms with Crippen LogP contribution in [0.1, 0.15) is 45.7 Å². The van der Waals surface area contributed by atoms with Crippen LogP contribution in [0.4, 0.5) is 0 Å². The summed E-state index contributed by atoms with van der Waals surface area (Å²) in [6, 6.07) is 16.8. The van der Waals surface area contributed by atoms with Gasteiger partial charge >= 0.3 is 20.7 Å². The summed E-state index contributed by atoms with van der Waals surface area (Å²) in [4.78, 5) is 21.5. The summed E-state index contributed by atoms with van der Waals surface area (Å²) in [7, 11) is 1.96. The van der Waals surface area contributed by atoms with Gasteiger partial charge in [-0.15, -0.1) is 0 Å².